The van der Waals surface area contributed by atoms with Crippen LogP contribution in [-0.2, 0) is 11.3 Å². The summed E-state index contributed by atoms with van der Waals surface area (Å²) >= 11 is 0. The van der Waals surface area contributed by atoms with Gasteiger partial charge in [-0.25, -0.2) is 0 Å². The van der Waals surface area contributed by atoms with Gasteiger partial charge in [-0.1, -0.05) is 0 Å². The highest BCUT2D eigenvalue weighted by atomic mass is 16.5. The molecule has 2 rings (SSSR count). The van der Waals surface area contributed by atoms with Crippen LogP contribution in [0.3, 0.4) is 0 Å². The van der Waals surface area contributed by atoms with E-state index in [9.17, 15) is 0 Å². The average Bonchev–Trinajstić information content (AvgIpc) is 2.75. The van der Waals surface area contributed by atoms with Gasteiger partial charge in [0.25, 0.3) is 0 Å². The number of hydrogen-bond donors (Lipinski definition) is 1. The van der Waals surface area contributed by atoms with Gasteiger partial charge in [0, 0.05) is 25.5 Å². The van der Waals surface area contributed by atoms with Crippen molar-refractivity contribution in [2.75, 3.05) is 20.3 Å². The highest BCUT2D eigenvalue weighted by molar-refractivity contribution is 5.47. The number of allylic oxidation sites excluding steroid dienone is 1. The maximum atomic E-state index is 5.02. The second kappa shape index (κ2) is 5.70. The third-order valence-corrected chi connectivity index (χ3v) is 2.73. The summed E-state index contributed by atoms with van der Waals surface area (Å²) < 4.78 is 6.93. The van der Waals surface area contributed by atoms with Crippen molar-refractivity contribution in [3.63, 3.8) is 0 Å². The van der Waals surface area contributed by atoms with Crippen LogP contribution in [0.1, 0.15) is 25.0 Å². The molecule has 88 valence electrons. The van der Waals surface area contributed by atoms with Crippen LogP contribution < -0.4 is 5.32 Å². The van der Waals surface area contributed by atoms with Gasteiger partial charge in [0.05, 0.1) is 18.8 Å². The number of nitrogens with zero attached hydrogens (tertiary/aromatic N) is 2. The second-order valence-electron chi connectivity index (χ2n) is 4.05. The summed E-state index contributed by atoms with van der Waals surface area (Å²) in [6.07, 6.45) is 7.84. The maximum absolute atomic E-state index is 5.02. The molecule has 2 heterocycles. The zero-order valence-electron chi connectivity index (χ0n) is 9.78. The Balaban J connectivity index is 1.95. The van der Waals surface area contributed by atoms with Crippen LogP contribution in [0.5, 0.6) is 0 Å². The van der Waals surface area contributed by atoms with Crippen LogP contribution in [0, 0.1) is 0 Å². The van der Waals surface area contributed by atoms with Crippen molar-refractivity contribution < 1.29 is 4.74 Å². The first kappa shape index (κ1) is 11.2. The molecule has 4 heteroatoms. The highest BCUT2D eigenvalue weighted by Crippen LogP contribution is 2.13. The average molecular weight is 221 g/mol. The first-order chi connectivity index (χ1) is 7.88. The Kier molecular flexibility index (Phi) is 3.99. The van der Waals surface area contributed by atoms with Crippen molar-refractivity contribution in [1.82, 2.24) is 15.1 Å². The predicted molar refractivity (Wildman–Crippen MR) is 63.9 cm³/mol. The van der Waals surface area contributed by atoms with E-state index in [1.807, 2.05) is 16.9 Å². The normalized spacial score (nSPS) is 18.7. The van der Waals surface area contributed by atoms with E-state index >= 15 is 0 Å². The number of aromatic nitrogens is 2. The Morgan fingerprint density at radius 1 is 1.56 bits per heavy atom. The van der Waals surface area contributed by atoms with Gasteiger partial charge in [-0.15, -0.1) is 0 Å². The summed E-state index contributed by atoms with van der Waals surface area (Å²) in [5.41, 5.74) is 2.34. The first-order valence-corrected chi connectivity index (χ1v) is 5.85. The van der Waals surface area contributed by atoms with Gasteiger partial charge in [-0.3, -0.25) is 4.68 Å². The van der Waals surface area contributed by atoms with E-state index in [4.69, 9.17) is 4.74 Å². The van der Waals surface area contributed by atoms with E-state index in [1.165, 1.54) is 18.5 Å². The van der Waals surface area contributed by atoms with Crippen molar-refractivity contribution in [3.8, 4) is 0 Å². The van der Waals surface area contributed by atoms with E-state index in [2.05, 4.69) is 16.5 Å². The van der Waals surface area contributed by atoms with Gasteiger partial charge in [-0.05, 0) is 31.4 Å². The molecule has 0 saturated carbocycles. The van der Waals surface area contributed by atoms with E-state index < -0.39 is 0 Å². The standard InChI is InChI=1S/C12H19N3O/c1-16-9-8-15-7-5-12(14-15)10-11-4-2-3-6-13-11/h5,7,10,13H,2-4,6,8-9H2,1H3. The summed E-state index contributed by atoms with van der Waals surface area (Å²) in [5.74, 6) is 0. The largest absolute Gasteiger partial charge is 0.388 e. The Morgan fingerprint density at radius 2 is 2.50 bits per heavy atom. The molecule has 0 bridgehead atoms. The third kappa shape index (κ3) is 3.10. The molecule has 0 aromatic carbocycles. The summed E-state index contributed by atoms with van der Waals surface area (Å²) in [5, 5.41) is 7.87. The molecule has 1 aromatic rings. The Labute approximate surface area is 96.3 Å². The monoisotopic (exact) mass is 221 g/mol. The fourth-order valence-corrected chi connectivity index (χ4v) is 1.84. The Morgan fingerprint density at radius 3 is 3.25 bits per heavy atom. The molecule has 0 aliphatic carbocycles. The summed E-state index contributed by atoms with van der Waals surface area (Å²) in [6.45, 7) is 2.61. The number of hydrogen-bond acceptors (Lipinski definition) is 3. The molecule has 0 amide bonds. The molecule has 0 radical (unpaired) electrons. The van der Waals surface area contributed by atoms with Crippen molar-refractivity contribution in [1.29, 1.82) is 0 Å². The molecule has 1 aromatic heterocycles. The van der Waals surface area contributed by atoms with E-state index in [1.54, 1.807) is 7.11 Å². The third-order valence-electron chi connectivity index (χ3n) is 2.73. The van der Waals surface area contributed by atoms with Crippen molar-refractivity contribution in [3.05, 3.63) is 23.7 Å². The molecule has 1 aliphatic heterocycles. The Hall–Kier alpha value is -1.29. The van der Waals surface area contributed by atoms with Gasteiger partial charge in [0.2, 0.25) is 0 Å². The number of rotatable bonds is 4. The summed E-state index contributed by atoms with van der Waals surface area (Å²) in [7, 11) is 1.71. The zero-order chi connectivity index (χ0) is 11.2. The van der Waals surface area contributed by atoms with Crippen molar-refractivity contribution in [2.45, 2.75) is 25.8 Å². The van der Waals surface area contributed by atoms with Gasteiger partial charge in [-0.2, -0.15) is 5.10 Å². The molecule has 0 unspecified atom stereocenters. The minimum absolute atomic E-state index is 0.704. The number of ether oxygens (including phenoxy) is 1. The molecule has 1 N–H and O–H groups in total. The molecule has 1 saturated heterocycles. The van der Waals surface area contributed by atoms with Gasteiger partial charge >= 0.3 is 0 Å². The maximum Gasteiger partial charge on any atom is 0.0868 e. The predicted octanol–water partition coefficient (Wildman–Crippen LogP) is 1.64. The van der Waals surface area contributed by atoms with Crippen LogP contribution in [-0.4, -0.2) is 30.0 Å². The fraction of sp³-hybridized carbons (Fsp3) is 0.583. The second-order valence-corrected chi connectivity index (χ2v) is 4.05. The van der Waals surface area contributed by atoms with E-state index in [0.29, 0.717) is 6.61 Å². The lowest BCUT2D eigenvalue weighted by Gasteiger charge is -2.15. The highest BCUT2D eigenvalue weighted by Gasteiger charge is 2.04. The quantitative estimate of drug-likeness (QED) is 0.840. The molecule has 1 fully saturated rings. The number of nitrogens with one attached hydrogen (secondary N) is 1. The molecule has 0 atom stereocenters. The van der Waals surface area contributed by atoms with E-state index in [-0.39, 0.29) is 0 Å². The molecule has 1 aliphatic rings. The fourth-order valence-electron chi connectivity index (χ4n) is 1.84. The molecule has 0 spiro atoms. The van der Waals surface area contributed by atoms with Gasteiger partial charge < -0.3 is 10.1 Å². The molecular formula is C12H19N3O. The molecular weight excluding hydrogens is 202 g/mol. The lowest BCUT2D eigenvalue weighted by Crippen LogP contribution is -2.19. The number of methoxy groups -OCH3 is 1. The SMILES string of the molecule is COCCn1ccc(C=C2CCCCN2)n1. The van der Waals surface area contributed by atoms with Gasteiger partial charge in [0.15, 0.2) is 0 Å². The topological polar surface area (TPSA) is 39.1 Å². The lowest BCUT2D eigenvalue weighted by atomic mass is 10.1. The van der Waals surface area contributed by atoms with Crippen LogP contribution in [0.15, 0.2) is 18.0 Å². The summed E-state index contributed by atoms with van der Waals surface area (Å²) in [6, 6.07) is 2.04. The minimum atomic E-state index is 0.704. The lowest BCUT2D eigenvalue weighted by molar-refractivity contribution is 0.183. The van der Waals surface area contributed by atoms with Crippen LogP contribution >= 0.6 is 0 Å². The zero-order valence-corrected chi connectivity index (χ0v) is 9.78. The van der Waals surface area contributed by atoms with E-state index in [0.717, 1.165) is 25.2 Å². The van der Waals surface area contributed by atoms with Crippen LogP contribution in [0.2, 0.25) is 0 Å². The molecule has 4 nitrogen and oxygen atoms in total. The minimum Gasteiger partial charge on any atom is -0.388 e. The first-order valence-electron chi connectivity index (χ1n) is 5.85. The smallest absolute Gasteiger partial charge is 0.0868 e. The molecule has 16 heavy (non-hydrogen) atoms. The van der Waals surface area contributed by atoms with Crippen molar-refractivity contribution in [2.24, 2.45) is 0 Å². The van der Waals surface area contributed by atoms with Crippen molar-refractivity contribution >= 4 is 6.08 Å². The summed E-state index contributed by atoms with van der Waals surface area (Å²) in [4.78, 5) is 0. The van der Waals surface area contributed by atoms with Crippen LogP contribution in [0.4, 0.5) is 0 Å². The van der Waals surface area contributed by atoms with Gasteiger partial charge in [0.1, 0.15) is 0 Å². The van der Waals surface area contributed by atoms with Crippen LogP contribution in [0.25, 0.3) is 6.08 Å². The number of piperidine rings is 1. The Bertz CT molecular complexity index is 349.